The Kier molecular flexibility index (Phi) is 4.71. The number of likely N-dealkylation sites (N-methyl/N-ethyl adjacent to an activating group) is 1. The molecule has 1 saturated heterocycles. The van der Waals surface area contributed by atoms with Crippen molar-refractivity contribution in [2.24, 2.45) is 7.05 Å². The summed E-state index contributed by atoms with van der Waals surface area (Å²) in [4.78, 5) is 13.1. The van der Waals surface area contributed by atoms with Crippen LogP contribution in [-0.4, -0.2) is 63.2 Å². The average Bonchev–Trinajstić information content (AvgIpc) is 2.99. The van der Waals surface area contributed by atoms with Gasteiger partial charge >= 0.3 is 0 Å². The SMILES string of the molecule is COc1cc(N(C)C2CCCN(Cc3cn(C)nn3)C2)ncn1. The first-order valence-corrected chi connectivity index (χ1v) is 7.82. The van der Waals surface area contributed by atoms with Crippen molar-refractivity contribution in [2.45, 2.75) is 25.4 Å². The lowest BCUT2D eigenvalue weighted by molar-refractivity contribution is 0.196. The van der Waals surface area contributed by atoms with Crippen molar-refractivity contribution in [3.05, 3.63) is 24.3 Å². The molecule has 1 unspecified atom stereocenters. The molecule has 2 aromatic rings. The van der Waals surface area contributed by atoms with Crippen molar-refractivity contribution >= 4 is 5.82 Å². The minimum Gasteiger partial charge on any atom is -0.481 e. The summed E-state index contributed by atoms with van der Waals surface area (Å²) in [6.45, 7) is 2.92. The predicted molar refractivity (Wildman–Crippen MR) is 86.3 cm³/mol. The number of hydrogen-bond donors (Lipinski definition) is 0. The van der Waals surface area contributed by atoms with E-state index in [0.29, 0.717) is 11.9 Å². The molecule has 0 N–H and O–H groups in total. The van der Waals surface area contributed by atoms with Crippen molar-refractivity contribution in [1.82, 2.24) is 29.9 Å². The molecule has 3 heterocycles. The second-order valence-electron chi connectivity index (χ2n) is 5.94. The summed E-state index contributed by atoms with van der Waals surface area (Å²) in [5, 5.41) is 8.18. The van der Waals surface area contributed by atoms with Crippen LogP contribution in [0.1, 0.15) is 18.5 Å². The highest BCUT2D eigenvalue weighted by atomic mass is 16.5. The molecule has 23 heavy (non-hydrogen) atoms. The maximum Gasteiger partial charge on any atom is 0.218 e. The third kappa shape index (κ3) is 3.76. The molecule has 8 heteroatoms. The van der Waals surface area contributed by atoms with Gasteiger partial charge in [0.2, 0.25) is 5.88 Å². The molecule has 8 nitrogen and oxygen atoms in total. The third-order valence-corrected chi connectivity index (χ3v) is 4.26. The first-order valence-electron chi connectivity index (χ1n) is 7.82. The first-order chi connectivity index (χ1) is 11.2. The zero-order chi connectivity index (χ0) is 16.2. The molecule has 3 rings (SSSR count). The molecule has 124 valence electrons. The number of anilines is 1. The number of rotatable bonds is 5. The molecule has 1 atom stereocenters. The molecule has 0 bridgehead atoms. The highest BCUT2D eigenvalue weighted by Crippen LogP contribution is 2.22. The first kappa shape index (κ1) is 15.7. The van der Waals surface area contributed by atoms with Crippen LogP contribution in [0, 0.1) is 0 Å². The molecule has 0 amide bonds. The van der Waals surface area contributed by atoms with E-state index in [9.17, 15) is 0 Å². The Bertz CT molecular complexity index is 644. The van der Waals surface area contributed by atoms with Gasteiger partial charge in [-0.1, -0.05) is 5.21 Å². The number of hydrogen-bond acceptors (Lipinski definition) is 7. The zero-order valence-electron chi connectivity index (χ0n) is 13.9. The highest BCUT2D eigenvalue weighted by Gasteiger charge is 2.25. The minimum absolute atomic E-state index is 0.417. The molecule has 1 fully saturated rings. The van der Waals surface area contributed by atoms with Gasteiger partial charge in [0.15, 0.2) is 0 Å². The van der Waals surface area contributed by atoms with E-state index in [2.05, 4.69) is 37.1 Å². The third-order valence-electron chi connectivity index (χ3n) is 4.26. The van der Waals surface area contributed by atoms with Crippen LogP contribution in [0.2, 0.25) is 0 Å². The molecule has 0 radical (unpaired) electrons. The van der Waals surface area contributed by atoms with E-state index in [1.165, 1.54) is 0 Å². The lowest BCUT2D eigenvalue weighted by Gasteiger charge is -2.37. The molecule has 0 saturated carbocycles. The molecule has 1 aliphatic heterocycles. The standard InChI is InChI=1S/C15H23N7O/c1-20-8-12(18-19-20)9-22-6-4-5-13(10-22)21(2)14-7-15(23-3)17-11-16-14/h7-8,11,13H,4-6,9-10H2,1-3H3. The molecule has 0 aromatic carbocycles. The van der Waals surface area contributed by atoms with Gasteiger partial charge in [0.25, 0.3) is 0 Å². The van der Waals surface area contributed by atoms with E-state index in [4.69, 9.17) is 4.74 Å². The molecule has 0 spiro atoms. The summed E-state index contributed by atoms with van der Waals surface area (Å²) in [6.07, 6.45) is 5.84. The maximum atomic E-state index is 5.19. The topological polar surface area (TPSA) is 72.2 Å². The molecule has 2 aromatic heterocycles. The fourth-order valence-corrected chi connectivity index (χ4v) is 3.01. The van der Waals surface area contributed by atoms with Crippen LogP contribution >= 0.6 is 0 Å². The number of aromatic nitrogens is 5. The van der Waals surface area contributed by atoms with Crippen LogP contribution in [0.3, 0.4) is 0 Å². The van der Waals surface area contributed by atoms with E-state index in [-0.39, 0.29) is 0 Å². The number of nitrogens with zero attached hydrogens (tertiary/aromatic N) is 7. The average molecular weight is 317 g/mol. The normalized spacial score (nSPS) is 18.8. The predicted octanol–water partition coefficient (Wildman–Crippen LogP) is 0.714. The van der Waals surface area contributed by atoms with Crippen molar-refractivity contribution in [1.29, 1.82) is 0 Å². The van der Waals surface area contributed by atoms with Crippen molar-refractivity contribution < 1.29 is 4.74 Å². The van der Waals surface area contributed by atoms with Crippen LogP contribution in [0.25, 0.3) is 0 Å². The second kappa shape index (κ2) is 6.91. The summed E-state index contributed by atoms with van der Waals surface area (Å²) < 4.78 is 6.94. The van der Waals surface area contributed by atoms with Gasteiger partial charge in [0, 0.05) is 45.5 Å². The van der Waals surface area contributed by atoms with Gasteiger partial charge in [0.1, 0.15) is 12.1 Å². The monoisotopic (exact) mass is 317 g/mol. The quantitative estimate of drug-likeness (QED) is 0.804. The van der Waals surface area contributed by atoms with Crippen molar-refractivity contribution in [3.8, 4) is 5.88 Å². The fourth-order valence-electron chi connectivity index (χ4n) is 3.01. The Morgan fingerprint density at radius 1 is 1.39 bits per heavy atom. The van der Waals surface area contributed by atoms with E-state index >= 15 is 0 Å². The minimum atomic E-state index is 0.417. The Morgan fingerprint density at radius 3 is 3.00 bits per heavy atom. The molecule has 0 aliphatic carbocycles. The molecule has 1 aliphatic rings. The number of ether oxygens (including phenoxy) is 1. The lowest BCUT2D eigenvalue weighted by atomic mass is 10.0. The number of aryl methyl sites for hydroxylation is 1. The Labute approximate surface area is 136 Å². The Hall–Kier alpha value is -2.22. The summed E-state index contributed by atoms with van der Waals surface area (Å²) in [7, 11) is 5.60. The summed E-state index contributed by atoms with van der Waals surface area (Å²) in [6, 6.07) is 2.29. The van der Waals surface area contributed by atoms with E-state index in [1.807, 2.05) is 19.3 Å². The van der Waals surface area contributed by atoms with Crippen LogP contribution in [0.4, 0.5) is 5.82 Å². The maximum absolute atomic E-state index is 5.19. The highest BCUT2D eigenvalue weighted by molar-refractivity contribution is 5.41. The van der Waals surface area contributed by atoms with Crippen molar-refractivity contribution in [3.63, 3.8) is 0 Å². The molecular weight excluding hydrogens is 294 g/mol. The Balaban J connectivity index is 1.65. The fraction of sp³-hybridized carbons (Fsp3) is 0.600. The number of likely N-dealkylation sites (tertiary alicyclic amines) is 1. The van der Waals surface area contributed by atoms with Gasteiger partial charge in [-0.2, -0.15) is 0 Å². The van der Waals surface area contributed by atoms with Crippen molar-refractivity contribution in [2.75, 3.05) is 32.1 Å². The summed E-state index contributed by atoms with van der Waals surface area (Å²) in [5.41, 5.74) is 1.01. The van der Waals surface area contributed by atoms with Gasteiger partial charge in [0.05, 0.1) is 12.8 Å². The summed E-state index contributed by atoms with van der Waals surface area (Å²) in [5.74, 6) is 1.48. The van der Waals surface area contributed by atoms with Gasteiger partial charge < -0.3 is 9.64 Å². The van der Waals surface area contributed by atoms with E-state index in [1.54, 1.807) is 18.1 Å². The van der Waals surface area contributed by atoms with E-state index < -0.39 is 0 Å². The van der Waals surface area contributed by atoms with Crippen LogP contribution in [0.5, 0.6) is 5.88 Å². The number of piperidine rings is 1. The van der Waals surface area contributed by atoms with Crippen LogP contribution in [-0.2, 0) is 13.6 Å². The van der Waals surface area contributed by atoms with Gasteiger partial charge in [-0.15, -0.1) is 5.10 Å². The van der Waals surface area contributed by atoms with Gasteiger partial charge in [-0.25, -0.2) is 9.97 Å². The van der Waals surface area contributed by atoms with Crippen LogP contribution in [0.15, 0.2) is 18.6 Å². The summed E-state index contributed by atoms with van der Waals surface area (Å²) >= 11 is 0. The second-order valence-corrected chi connectivity index (χ2v) is 5.94. The number of methoxy groups -OCH3 is 1. The zero-order valence-corrected chi connectivity index (χ0v) is 13.9. The van der Waals surface area contributed by atoms with Crippen LogP contribution < -0.4 is 9.64 Å². The van der Waals surface area contributed by atoms with E-state index in [0.717, 1.165) is 44.0 Å². The lowest BCUT2D eigenvalue weighted by Crippen LogP contribution is -2.46. The smallest absolute Gasteiger partial charge is 0.218 e. The van der Waals surface area contributed by atoms with Gasteiger partial charge in [-0.3, -0.25) is 9.58 Å². The molecular formula is C15H23N7O. The Morgan fingerprint density at radius 2 is 2.26 bits per heavy atom. The largest absolute Gasteiger partial charge is 0.481 e. The van der Waals surface area contributed by atoms with Gasteiger partial charge in [-0.05, 0) is 19.4 Å².